The molecule has 0 saturated heterocycles. The molecule has 5 nitrogen and oxygen atoms in total. The summed E-state index contributed by atoms with van der Waals surface area (Å²) in [6.07, 6.45) is 0. The molecular weight excluding hydrogens is 362 g/mol. The van der Waals surface area contributed by atoms with Crippen LogP contribution < -0.4 is 4.72 Å². The van der Waals surface area contributed by atoms with Crippen LogP contribution in [0.3, 0.4) is 0 Å². The Morgan fingerprint density at radius 1 is 1.12 bits per heavy atom. The molecule has 0 aromatic heterocycles. The van der Waals surface area contributed by atoms with Crippen molar-refractivity contribution in [2.24, 2.45) is 0 Å². The number of benzene rings is 2. The van der Waals surface area contributed by atoms with Crippen molar-refractivity contribution < 1.29 is 17.9 Å². The Hall–Kier alpha value is -2.15. The van der Waals surface area contributed by atoms with Gasteiger partial charge in [0.25, 0.3) is 0 Å². The number of hydrogen-bond donors (Lipinski definition) is 1. The fourth-order valence-corrected chi connectivity index (χ4v) is 3.53. The number of rotatable bonds is 6. The molecule has 1 atom stereocenters. The second-order valence-corrected chi connectivity index (χ2v) is 7.59. The van der Waals surface area contributed by atoms with Crippen LogP contribution in [0.25, 0.3) is 0 Å². The number of methoxy groups -OCH3 is 1. The van der Waals surface area contributed by atoms with Gasteiger partial charge in [0.15, 0.2) is 0 Å². The fraction of sp³-hybridized carbons (Fsp3) is 0.167. The highest BCUT2D eigenvalue weighted by atomic mass is 35.5. The van der Waals surface area contributed by atoms with Crippen molar-refractivity contribution in [1.29, 1.82) is 0 Å². The fourth-order valence-electron chi connectivity index (χ4n) is 2.19. The molecule has 0 aliphatic heterocycles. The third-order valence-corrected chi connectivity index (χ3v) is 5.29. The van der Waals surface area contributed by atoms with Gasteiger partial charge in [0.1, 0.15) is 0 Å². The lowest BCUT2D eigenvalue weighted by molar-refractivity contribution is -0.136. The van der Waals surface area contributed by atoms with E-state index in [0.717, 1.165) is 5.56 Å². The van der Waals surface area contributed by atoms with Crippen molar-refractivity contribution in [3.8, 4) is 0 Å². The topological polar surface area (TPSA) is 72.5 Å². The lowest BCUT2D eigenvalue weighted by Crippen LogP contribution is -2.32. The van der Waals surface area contributed by atoms with Crippen molar-refractivity contribution >= 4 is 27.6 Å². The largest absolute Gasteiger partial charge is 0.466 e. The van der Waals surface area contributed by atoms with Gasteiger partial charge in [0, 0.05) is 5.02 Å². The smallest absolute Gasteiger partial charge is 0.335 e. The Morgan fingerprint density at radius 2 is 1.68 bits per heavy atom. The van der Waals surface area contributed by atoms with Gasteiger partial charge in [-0.05, 0) is 36.8 Å². The molecule has 0 fully saturated rings. The van der Waals surface area contributed by atoms with Gasteiger partial charge in [-0.15, -0.1) is 0 Å². The van der Waals surface area contributed by atoms with Crippen molar-refractivity contribution in [2.75, 3.05) is 7.11 Å². The predicted octanol–water partition coefficient (Wildman–Crippen LogP) is 3.40. The monoisotopic (exact) mass is 379 g/mol. The van der Waals surface area contributed by atoms with E-state index in [2.05, 4.69) is 16.0 Å². The summed E-state index contributed by atoms with van der Waals surface area (Å²) in [6, 6.07) is 11.9. The number of aryl methyl sites for hydroxylation is 1. The standard InChI is InChI=1S/C18H18ClNO4S/c1-12-4-10-16(11-5-12)25(22,23)20-17(13(2)18(21)24-3)14-6-8-15(19)9-7-14/h4-11,17,20H,2H2,1,3H3/t17-/m0/s1. The summed E-state index contributed by atoms with van der Waals surface area (Å²) in [5.41, 5.74) is 1.43. The lowest BCUT2D eigenvalue weighted by atomic mass is 10.0. The van der Waals surface area contributed by atoms with Crippen molar-refractivity contribution in [1.82, 2.24) is 4.72 Å². The van der Waals surface area contributed by atoms with E-state index in [9.17, 15) is 13.2 Å². The van der Waals surface area contributed by atoms with E-state index >= 15 is 0 Å². The Labute approximate surface area is 152 Å². The normalized spacial score (nSPS) is 12.4. The zero-order valence-corrected chi connectivity index (χ0v) is 15.4. The quantitative estimate of drug-likeness (QED) is 0.616. The Balaban J connectivity index is 2.41. The molecule has 2 aromatic carbocycles. The van der Waals surface area contributed by atoms with E-state index < -0.39 is 22.0 Å². The zero-order valence-electron chi connectivity index (χ0n) is 13.8. The molecule has 0 spiro atoms. The van der Waals surface area contributed by atoms with E-state index in [1.165, 1.54) is 19.2 Å². The third-order valence-electron chi connectivity index (χ3n) is 3.60. The average Bonchev–Trinajstić information content (AvgIpc) is 2.59. The molecule has 0 bridgehead atoms. The van der Waals surface area contributed by atoms with Crippen LogP contribution in [0.4, 0.5) is 0 Å². The first-order valence-corrected chi connectivity index (χ1v) is 9.22. The van der Waals surface area contributed by atoms with Crippen LogP contribution in [0.1, 0.15) is 17.2 Å². The predicted molar refractivity (Wildman–Crippen MR) is 96.8 cm³/mol. The first kappa shape index (κ1) is 19.2. The molecule has 0 aliphatic rings. The van der Waals surface area contributed by atoms with Gasteiger partial charge in [0.05, 0.1) is 23.6 Å². The molecule has 132 valence electrons. The number of halogens is 1. The van der Waals surface area contributed by atoms with Gasteiger partial charge < -0.3 is 4.74 Å². The zero-order chi connectivity index (χ0) is 18.6. The maximum absolute atomic E-state index is 12.7. The average molecular weight is 380 g/mol. The molecule has 2 aromatic rings. The SMILES string of the molecule is C=C(C(=O)OC)[C@H](NS(=O)(=O)c1ccc(C)cc1)c1ccc(Cl)cc1. The number of ether oxygens (including phenoxy) is 1. The second kappa shape index (κ2) is 7.82. The summed E-state index contributed by atoms with van der Waals surface area (Å²) in [4.78, 5) is 12.0. The van der Waals surface area contributed by atoms with Crippen LogP contribution in [0.2, 0.25) is 5.02 Å². The van der Waals surface area contributed by atoms with E-state index in [4.69, 9.17) is 11.6 Å². The summed E-state index contributed by atoms with van der Waals surface area (Å²) >= 11 is 5.88. The molecule has 2 rings (SSSR count). The molecule has 0 aliphatic carbocycles. The minimum absolute atomic E-state index is 0.0273. The molecular formula is C18H18ClNO4S. The van der Waals surface area contributed by atoms with Crippen LogP contribution in [0.5, 0.6) is 0 Å². The van der Waals surface area contributed by atoms with Gasteiger partial charge in [0.2, 0.25) is 10.0 Å². The van der Waals surface area contributed by atoms with Gasteiger partial charge in [-0.2, -0.15) is 4.72 Å². The molecule has 7 heteroatoms. The van der Waals surface area contributed by atoms with E-state index in [1.54, 1.807) is 36.4 Å². The molecule has 1 N–H and O–H groups in total. The molecule has 0 unspecified atom stereocenters. The third kappa shape index (κ3) is 4.69. The van der Waals surface area contributed by atoms with Crippen LogP contribution in [-0.2, 0) is 19.6 Å². The van der Waals surface area contributed by atoms with Gasteiger partial charge in [-0.1, -0.05) is 48.0 Å². The Bertz CT molecular complexity index is 874. The van der Waals surface area contributed by atoms with Gasteiger partial charge >= 0.3 is 5.97 Å². The minimum atomic E-state index is -3.87. The van der Waals surface area contributed by atoms with Crippen LogP contribution >= 0.6 is 11.6 Å². The van der Waals surface area contributed by atoms with E-state index in [-0.39, 0.29) is 10.5 Å². The Kier molecular flexibility index (Phi) is 6.00. The highest BCUT2D eigenvalue weighted by Crippen LogP contribution is 2.25. The first-order valence-electron chi connectivity index (χ1n) is 7.36. The maximum Gasteiger partial charge on any atom is 0.335 e. The Morgan fingerprint density at radius 3 is 2.20 bits per heavy atom. The van der Waals surface area contributed by atoms with Gasteiger partial charge in [-0.3, -0.25) is 0 Å². The van der Waals surface area contributed by atoms with Crippen molar-refractivity contribution in [3.63, 3.8) is 0 Å². The number of nitrogens with one attached hydrogen (secondary N) is 1. The van der Waals surface area contributed by atoms with E-state index in [0.29, 0.717) is 10.6 Å². The molecule has 25 heavy (non-hydrogen) atoms. The van der Waals surface area contributed by atoms with Gasteiger partial charge in [-0.25, -0.2) is 13.2 Å². The summed E-state index contributed by atoms with van der Waals surface area (Å²) in [5, 5.41) is 0.493. The summed E-state index contributed by atoms with van der Waals surface area (Å²) in [7, 11) is -2.66. The molecule has 0 radical (unpaired) electrons. The highest BCUT2D eigenvalue weighted by Gasteiger charge is 2.27. The first-order chi connectivity index (χ1) is 11.7. The summed E-state index contributed by atoms with van der Waals surface area (Å²) in [5.74, 6) is -0.702. The maximum atomic E-state index is 12.7. The van der Waals surface area contributed by atoms with Crippen LogP contribution in [-0.4, -0.2) is 21.5 Å². The number of hydrogen-bond acceptors (Lipinski definition) is 4. The van der Waals surface area contributed by atoms with Crippen LogP contribution in [0, 0.1) is 6.92 Å². The van der Waals surface area contributed by atoms with Crippen LogP contribution in [0.15, 0.2) is 65.6 Å². The number of esters is 1. The number of sulfonamides is 1. The van der Waals surface area contributed by atoms with E-state index in [1.807, 2.05) is 6.92 Å². The molecule has 0 amide bonds. The number of carbonyl (C=O) groups excluding carboxylic acids is 1. The minimum Gasteiger partial charge on any atom is -0.466 e. The summed E-state index contributed by atoms with van der Waals surface area (Å²) in [6.45, 7) is 5.54. The highest BCUT2D eigenvalue weighted by molar-refractivity contribution is 7.89. The lowest BCUT2D eigenvalue weighted by Gasteiger charge is -2.20. The molecule has 0 saturated carbocycles. The van der Waals surface area contributed by atoms with Crippen molar-refractivity contribution in [3.05, 3.63) is 76.8 Å². The number of carbonyl (C=O) groups is 1. The second-order valence-electron chi connectivity index (χ2n) is 5.44. The summed E-state index contributed by atoms with van der Waals surface area (Å²) < 4.78 is 32.5. The molecule has 0 heterocycles. The van der Waals surface area contributed by atoms with Crippen molar-refractivity contribution in [2.45, 2.75) is 17.9 Å².